The van der Waals surface area contributed by atoms with E-state index in [0.717, 1.165) is 26.1 Å². The van der Waals surface area contributed by atoms with Crippen molar-refractivity contribution in [2.45, 2.75) is 69.9 Å². The quantitative estimate of drug-likeness (QED) is 0.501. The van der Waals surface area contributed by atoms with Crippen LogP contribution < -0.4 is 10.6 Å². The smallest absolute Gasteiger partial charge is 0.0485 e. The average molecular weight is 416 g/mol. The summed E-state index contributed by atoms with van der Waals surface area (Å²) in [5, 5.41) is 8.80. The Bertz CT molecular complexity index is 992. The van der Waals surface area contributed by atoms with E-state index in [0.29, 0.717) is 18.0 Å². The van der Waals surface area contributed by atoms with E-state index in [4.69, 9.17) is 0 Å². The number of hydrogen-bond acceptors (Lipinski definition) is 2. The lowest BCUT2D eigenvalue weighted by Gasteiger charge is -2.25. The van der Waals surface area contributed by atoms with Crippen LogP contribution in [0.15, 0.2) is 54.7 Å². The summed E-state index contributed by atoms with van der Waals surface area (Å²) in [6, 6.07) is 19.6. The summed E-state index contributed by atoms with van der Waals surface area (Å²) in [6.45, 7) is 5.59. The van der Waals surface area contributed by atoms with Gasteiger partial charge in [0.05, 0.1) is 0 Å². The highest BCUT2D eigenvalue weighted by atomic mass is 15.0. The minimum Gasteiger partial charge on any atom is -0.344 e. The van der Waals surface area contributed by atoms with Gasteiger partial charge in [-0.3, -0.25) is 0 Å². The standard InChI is InChI=1S/C28H37N3/c1-21-7-6-8-22(19-21)25(15-18-30-23-13-16-29-17-14-23)27-20-31(24-9-2-3-10-24)28-12-5-4-11-26(27)28/h4-8,11-12,19-20,23-25,29-30H,2-3,9-10,13-18H2,1H3. The Balaban J connectivity index is 1.47. The van der Waals surface area contributed by atoms with Gasteiger partial charge in [-0.25, -0.2) is 0 Å². The molecule has 31 heavy (non-hydrogen) atoms. The monoisotopic (exact) mass is 415 g/mol. The second-order valence-electron chi connectivity index (χ2n) is 9.68. The van der Waals surface area contributed by atoms with Crippen LogP contribution in [0.4, 0.5) is 0 Å². The molecule has 2 N–H and O–H groups in total. The van der Waals surface area contributed by atoms with E-state index in [1.807, 2.05) is 0 Å². The van der Waals surface area contributed by atoms with Gasteiger partial charge in [-0.2, -0.15) is 0 Å². The summed E-state index contributed by atoms with van der Waals surface area (Å²) in [5.41, 5.74) is 5.75. The molecular formula is C28H37N3. The lowest BCUT2D eigenvalue weighted by atomic mass is 9.87. The largest absolute Gasteiger partial charge is 0.344 e. The number of fused-ring (bicyclic) bond motifs is 1. The molecule has 5 rings (SSSR count). The summed E-state index contributed by atoms with van der Waals surface area (Å²) in [5.74, 6) is 0.432. The molecule has 3 aromatic rings. The highest BCUT2D eigenvalue weighted by molar-refractivity contribution is 5.85. The number of benzene rings is 2. The van der Waals surface area contributed by atoms with Crippen LogP contribution in [0.5, 0.6) is 0 Å². The van der Waals surface area contributed by atoms with Crippen molar-refractivity contribution in [3.8, 4) is 0 Å². The van der Waals surface area contributed by atoms with E-state index < -0.39 is 0 Å². The van der Waals surface area contributed by atoms with Gasteiger partial charge < -0.3 is 15.2 Å². The SMILES string of the molecule is Cc1cccc(C(CCNC2CCNCC2)c2cn(C3CCCC3)c3ccccc23)c1. The lowest BCUT2D eigenvalue weighted by Crippen LogP contribution is -2.40. The first-order valence-corrected chi connectivity index (χ1v) is 12.4. The molecule has 1 saturated carbocycles. The number of aromatic nitrogens is 1. The van der Waals surface area contributed by atoms with Crippen LogP contribution in [0.3, 0.4) is 0 Å². The van der Waals surface area contributed by atoms with Crippen LogP contribution in [0, 0.1) is 6.92 Å². The molecule has 0 bridgehead atoms. The van der Waals surface area contributed by atoms with E-state index in [1.54, 1.807) is 0 Å². The molecule has 1 unspecified atom stereocenters. The number of rotatable bonds is 7. The minimum absolute atomic E-state index is 0.432. The molecule has 2 aromatic carbocycles. The van der Waals surface area contributed by atoms with Gasteiger partial charge in [0.1, 0.15) is 0 Å². The molecule has 0 radical (unpaired) electrons. The Morgan fingerprint density at radius 3 is 2.61 bits per heavy atom. The predicted octanol–water partition coefficient (Wildman–Crippen LogP) is 5.93. The summed E-state index contributed by atoms with van der Waals surface area (Å²) in [4.78, 5) is 0. The highest BCUT2D eigenvalue weighted by Gasteiger charge is 2.24. The first-order chi connectivity index (χ1) is 15.3. The second kappa shape index (κ2) is 9.58. The van der Waals surface area contributed by atoms with E-state index in [9.17, 15) is 0 Å². The Morgan fingerprint density at radius 1 is 1.00 bits per heavy atom. The number of hydrogen-bond donors (Lipinski definition) is 2. The molecule has 164 valence electrons. The normalized spacial score (nSPS) is 19.3. The van der Waals surface area contributed by atoms with E-state index in [1.165, 1.54) is 66.1 Å². The number of para-hydroxylation sites is 1. The third kappa shape index (κ3) is 4.58. The van der Waals surface area contributed by atoms with Gasteiger partial charge in [-0.1, -0.05) is 60.9 Å². The Labute approximate surface area is 187 Å². The summed E-state index contributed by atoms with van der Waals surface area (Å²) in [6.07, 6.45) is 11.5. The molecule has 1 atom stereocenters. The molecule has 1 aliphatic carbocycles. The third-order valence-corrected chi connectivity index (χ3v) is 7.51. The molecule has 3 nitrogen and oxygen atoms in total. The fourth-order valence-corrected chi connectivity index (χ4v) is 5.84. The van der Waals surface area contributed by atoms with Crippen molar-refractivity contribution in [3.63, 3.8) is 0 Å². The molecule has 1 aliphatic heterocycles. The molecule has 2 fully saturated rings. The van der Waals surface area contributed by atoms with Crippen molar-refractivity contribution >= 4 is 10.9 Å². The van der Waals surface area contributed by atoms with Crippen LogP contribution in [0.25, 0.3) is 10.9 Å². The predicted molar refractivity (Wildman–Crippen MR) is 131 cm³/mol. The van der Waals surface area contributed by atoms with Gasteiger partial charge in [-0.05, 0) is 75.9 Å². The zero-order chi connectivity index (χ0) is 21.0. The van der Waals surface area contributed by atoms with Gasteiger partial charge in [0.25, 0.3) is 0 Å². The minimum atomic E-state index is 0.432. The van der Waals surface area contributed by atoms with Gasteiger partial charge in [0.15, 0.2) is 0 Å². The first kappa shape index (κ1) is 20.8. The van der Waals surface area contributed by atoms with Crippen LogP contribution in [-0.4, -0.2) is 30.2 Å². The van der Waals surface area contributed by atoms with Gasteiger partial charge >= 0.3 is 0 Å². The third-order valence-electron chi connectivity index (χ3n) is 7.51. The molecule has 2 heterocycles. The van der Waals surface area contributed by atoms with E-state index in [2.05, 4.69) is 76.9 Å². The summed E-state index contributed by atoms with van der Waals surface area (Å²) >= 11 is 0. The van der Waals surface area contributed by atoms with Crippen LogP contribution >= 0.6 is 0 Å². The van der Waals surface area contributed by atoms with E-state index in [-0.39, 0.29) is 0 Å². The number of nitrogens with one attached hydrogen (secondary N) is 2. The first-order valence-electron chi connectivity index (χ1n) is 12.4. The van der Waals surface area contributed by atoms with Crippen LogP contribution in [0.1, 0.15) is 73.6 Å². The van der Waals surface area contributed by atoms with Gasteiger partial charge in [-0.15, -0.1) is 0 Å². The topological polar surface area (TPSA) is 29.0 Å². The van der Waals surface area contributed by atoms with Crippen molar-refractivity contribution in [2.75, 3.05) is 19.6 Å². The fourth-order valence-electron chi connectivity index (χ4n) is 5.84. The van der Waals surface area contributed by atoms with Crippen molar-refractivity contribution in [3.05, 3.63) is 71.4 Å². The van der Waals surface area contributed by atoms with E-state index >= 15 is 0 Å². The maximum absolute atomic E-state index is 3.87. The summed E-state index contributed by atoms with van der Waals surface area (Å²) < 4.78 is 2.61. The Morgan fingerprint density at radius 2 is 1.81 bits per heavy atom. The average Bonchev–Trinajstić information content (AvgIpc) is 3.46. The molecule has 1 aromatic heterocycles. The molecule has 3 heteroatoms. The maximum Gasteiger partial charge on any atom is 0.0485 e. The maximum atomic E-state index is 3.87. The number of nitrogens with zero attached hydrogens (tertiary/aromatic N) is 1. The number of aryl methyl sites for hydroxylation is 1. The Hall–Kier alpha value is -2.10. The second-order valence-corrected chi connectivity index (χ2v) is 9.68. The van der Waals surface area contributed by atoms with Gasteiger partial charge in [0.2, 0.25) is 0 Å². The lowest BCUT2D eigenvalue weighted by molar-refractivity contribution is 0.383. The molecule has 0 amide bonds. The molecule has 2 aliphatic rings. The zero-order valence-electron chi connectivity index (χ0n) is 18.9. The van der Waals surface area contributed by atoms with Crippen molar-refractivity contribution in [2.24, 2.45) is 0 Å². The van der Waals surface area contributed by atoms with Crippen molar-refractivity contribution in [1.82, 2.24) is 15.2 Å². The van der Waals surface area contributed by atoms with Crippen molar-refractivity contribution < 1.29 is 0 Å². The fraction of sp³-hybridized carbons (Fsp3) is 0.500. The number of piperidine rings is 1. The van der Waals surface area contributed by atoms with Crippen molar-refractivity contribution in [1.29, 1.82) is 0 Å². The highest BCUT2D eigenvalue weighted by Crippen LogP contribution is 2.39. The Kier molecular flexibility index (Phi) is 6.42. The molecule has 0 spiro atoms. The molecular weight excluding hydrogens is 378 g/mol. The molecule has 1 saturated heterocycles. The van der Waals surface area contributed by atoms with Gasteiger partial charge in [0, 0.05) is 35.1 Å². The van der Waals surface area contributed by atoms with Crippen LogP contribution in [-0.2, 0) is 0 Å². The summed E-state index contributed by atoms with van der Waals surface area (Å²) in [7, 11) is 0. The van der Waals surface area contributed by atoms with Crippen LogP contribution in [0.2, 0.25) is 0 Å². The zero-order valence-corrected chi connectivity index (χ0v) is 18.9.